The van der Waals surface area contributed by atoms with E-state index in [1.807, 2.05) is 0 Å². The van der Waals surface area contributed by atoms with Gasteiger partial charge >= 0.3 is 0 Å². The summed E-state index contributed by atoms with van der Waals surface area (Å²) in [7, 11) is 1.48. The third-order valence-corrected chi connectivity index (χ3v) is 3.08. The number of phenolic OH excluding ortho intramolecular Hbond substituents is 1. The smallest absolute Gasteiger partial charge is 0.243 e. The van der Waals surface area contributed by atoms with Crippen molar-refractivity contribution in [3.05, 3.63) is 23.8 Å². The number of carbonyl (C=O) groups excluding carboxylic acids is 2. The van der Waals surface area contributed by atoms with Gasteiger partial charge in [0.15, 0.2) is 11.5 Å². The molecule has 0 aromatic heterocycles. The minimum atomic E-state index is -0.414. The molecule has 3 N–H and O–H groups in total. The number of hydrogen-bond acceptors (Lipinski definition) is 5. The van der Waals surface area contributed by atoms with Crippen LogP contribution in [0, 0.1) is 0 Å². The molecule has 2 amide bonds. The fraction of sp³-hybridized carbons (Fsp3) is 0.385. The highest BCUT2D eigenvalue weighted by atomic mass is 16.5. The van der Waals surface area contributed by atoms with Crippen molar-refractivity contribution in [2.45, 2.75) is 25.4 Å². The minimum Gasteiger partial charge on any atom is -0.504 e. The number of hydrogen-bond donors (Lipinski definition) is 3. The van der Waals surface area contributed by atoms with Crippen LogP contribution in [-0.2, 0) is 16.1 Å². The first-order chi connectivity index (χ1) is 9.11. The number of carbonyl (C=O) groups is 2. The summed E-state index contributed by atoms with van der Waals surface area (Å²) in [5, 5.41) is 15.2. The number of nitrogens with one attached hydrogen (secondary N) is 2. The second kappa shape index (κ2) is 5.71. The van der Waals surface area contributed by atoms with Gasteiger partial charge in [0.05, 0.1) is 13.2 Å². The molecular formula is C13H16N2O4. The molecule has 0 saturated carbocycles. The van der Waals surface area contributed by atoms with Gasteiger partial charge < -0.3 is 15.2 Å². The van der Waals surface area contributed by atoms with Crippen LogP contribution in [0.4, 0.5) is 0 Å². The zero-order chi connectivity index (χ0) is 13.8. The first kappa shape index (κ1) is 13.4. The van der Waals surface area contributed by atoms with E-state index < -0.39 is 6.04 Å². The van der Waals surface area contributed by atoms with E-state index in [0.717, 1.165) is 0 Å². The first-order valence-corrected chi connectivity index (χ1v) is 6.03. The SMILES string of the molecule is COc1cccc(CNC2CCC(=O)NC2=O)c1O. The molecule has 0 bridgehead atoms. The summed E-state index contributed by atoms with van der Waals surface area (Å²) < 4.78 is 5.01. The molecule has 1 aliphatic rings. The Labute approximate surface area is 110 Å². The lowest BCUT2D eigenvalue weighted by Gasteiger charge is -2.22. The normalized spacial score (nSPS) is 19.1. The molecule has 1 aromatic rings. The van der Waals surface area contributed by atoms with Crippen LogP contribution in [0.3, 0.4) is 0 Å². The summed E-state index contributed by atoms with van der Waals surface area (Å²) in [6, 6.07) is 4.75. The summed E-state index contributed by atoms with van der Waals surface area (Å²) in [4.78, 5) is 22.6. The van der Waals surface area contributed by atoms with Crippen molar-refractivity contribution in [1.82, 2.24) is 10.6 Å². The van der Waals surface area contributed by atoms with Crippen molar-refractivity contribution in [3.63, 3.8) is 0 Å². The van der Waals surface area contributed by atoms with Gasteiger partial charge in [-0.25, -0.2) is 0 Å². The van der Waals surface area contributed by atoms with E-state index in [1.165, 1.54) is 7.11 Å². The van der Waals surface area contributed by atoms with Crippen molar-refractivity contribution in [1.29, 1.82) is 0 Å². The van der Waals surface area contributed by atoms with E-state index in [9.17, 15) is 14.7 Å². The summed E-state index contributed by atoms with van der Waals surface area (Å²) >= 11 is 0. The molecule has 2 rings (SSSR count). The average molecular weight is 264 g/mol. The Kier molecular flexibility index (Phi) is 4.01. The van der Waals surface area contributed by atoms with E-state index in [0.29, 0.717) is 30.7 Å². The Bertz CT molecular complexity index is 501. The van der Waals surface area contributed by atoms with E-state index >= 15 is 0 Å². The summed E-state index contributed by atoms with van der Waals surface area (Å²) in [5.41, 5.74) is 0.643. The van der Waals surface area contributed by atoms with Crippen LogP contribution >= 0.6 is 0 Å². The van der Waals surface area contributed by atoms with Gasteiger partial charge in [0.25, 0.3) is 0 Å². The van der Waals surface area contributed by atoms with Crippen molar-refractivity contribution < 1.29 is 19.4 Å². The fourth-order valence-corrected chi connectivity index (χ4v) is 2.00. The van der Waals surface area contributed by atoms with Crippen LogP contribution < -0.4 is 15.4 Å². The Morgan fingerprint density at radius 2 is 2.26 bits per heavy atom. The number of methoxy groups -OCH3 is 1. The molecule has 1 saturated heterocycles. The van der Waals surface area contributed by atoms with Crippen LogP contribution in [0.5, 0.6) is 11.5 Å². The van der Waals surface area contributed by atoms with Crippen LogP contribution in [0.1, 0.15) is 18.4 Å². The van der Waals surface area contributed by atoms with Gasteiger partial charge in [-0.1, -0.05) is 12.1 Å². The number of rotatable bonds is 4. The molecule has 1 aromatic carbocycles. The van der Waals surface area contributed by atoms with Gasteiger partial charge in [-0.3, -0.25) is 14.9 Å². The molecule has 19 heavy (non-hydrogen) atoms. The number of piperidine rings is 1. The number of ether oxygens (including phenoxy) is 1. The summed E-state index contributed by atoms with van der Waals surface area (Å²) in [6.45, 7) is 0.329. The lowest BCUT2D eigenvalue weighted by atomic mass is 10.1. The van der Waals surface area contributed by atoms with Crippen molar-refractivity contribution >= 4 is 11.8 Å². The first-order valence-electron chi connectivity index (χ1n) is 6.03. The maximum atomic E-state index is 11.6. The number of phenols is 1. The molecule has 1 heterocycles. The predicted molar refractivity (Wildman–Crippen MR) is 67.7 cm³/mol. The number of imide groups is 1. The van der Waals surface area contributed by atoms with E-state index in [1.54, 1.807) is 18.2 Å². The van der Waals surface area contributed by atoms with Crippen LogP contribution in [0.15, 0.2) is 18.2 Å². The Morgan fingerprint density at radius 1 is 1.47 bits per heavy atom. The Balaban J connectivity index is 1.99. The van der Waals surface area contributed by atoms with Crippen LogP contribution in [0.2, 0.25) is 0 Å². The van der Waals surface area contributed by atoms with Gasteiger partial charge in [-0.15, -0.1) is 0 Å². The molecule has 0 aliphatic carbocycles. The Morgan fingerprint density at radius 3 is 2.95 bits per heavy atom. The second-order valence-corrected chi connectivity index (χ2v) is 4.35. The van der Waals surface area contributed by atoms with Crippen LogP contribution in [-0.4, -0.2) is 30.1 Å². The number of amides is 2. The molecule has 1 unspecified atom stereocenters. The molecule has 1 fully saturated rings. The van der Waals surface area contributed by atoms with Gasteiger partial charge in [0.2, 0.25) is 11.8 Å². The van der Waals surface area contributed by atoms with Crippen molar-refractivity contribution in [2.24, 2.45) is 0 Å². The molecule has 0 spiro atoms. The minimum absolute atomic E-state index is 0.0600. The van der Waals surface area contributed by atoms with Crippen molar-refractivity contribution in [2.75, 3.05) is 7.11 Å². The molecule has 6 nitrogen and oxygen atoms in total. The molecule has 6 heteroatoms. The average Bonchev–Trinajstić information content (AvgIpc) is 2.39. The number of aromatic hydroxyl groups is 1. The number of para-hydroxylation sites is 1. The van der Waals surface area contributed by atoms with Gasteiger partial charge in [-0.05, 0) is 12.5 Å². The quantitative estimate of drug-likeness (QED) is 0.681. The maximum Gasteiger partial charge on any atom is 0.243 e. The highest BCUT2D eigenvalue weighted by molar-refractivity contribution is 6.00. The zero-order valence-electron chi connectivity index (χ0n) is 10.6. The van der Waals surface area contributed by atoms with E-state index in [4.69, 9.17) is 4.74 Å². The third kappa shape index (κ3) is 3.03. The predicted octanol–water partition coefficient (Wildman–Crippen LogP) is 0.296. The molecular weight excluding hydrogens is 248 g/mol. The lowest BCUT2D eigenvalue weighted by molar-refractivity contribution is -0.134. The third-order valence-electron chi connectivity index (χ3n) is 3.08. The van der Waals surface area contributed by atoms with E-state index in [2.05, 4.69) is 10.6 Å². The van der Waals surface area contributed by atoms with E-state index in [-0.39, 0.29) is 17.6 Å². The maximum absolute atomic E-state index is 11.6. The van der Waals surface area contributed by atoms with Crippen LogP contribution in [0.25, 0.3) is 0 Å². The molecule has 0 radical (unpaired) electrons. The summed E-state index contributed by atoms with van der Waals surface area (Å²) in [5.74, 6) is -0.113. The molecule has 1 atom stereocenters. The van der Waals surface area contributed by atoms with Gasteiger partial charge in [0.1, 0.15) is 0 Å². The fourth-order valence-electron chi connectivity index (χ4n) is 2.00. The largest absolute Gasteiger partial charge is 0.504 e. The topological polar surface area (TPSA) is 87.7 Å². The zero-order valence-corrected chi connectivity index (χ0v) is 10.6. The second-order valence-electron chi connectivity index (χ2n) is 4.35. The molecule has 1 aliphatic heterocycles. The standard InChI is InChI=1S/C13H16N2O4/c1-19-10-4-2-3-8(12(10)17)7-14-9-5-6-11(16)15-13(9)18/h2-4,9,14,17H,5-7H2,1H3,(H,15,16,18). The lowest BCUT2D eigenvalue weighted by Crippen LogP contribution is -2.50. The number of benzene rings is 1. The van der Waals surface area contributed by atoms with Crippen molar-refractivity contribution in [3.8, 4) is 11.5 Å². The Hall–Kier alpha value is -2.08. The molecule has 102 valence electrons. The van der Waals surface area contributed by atoms with Gasteiger partial charge in [0, 0.05) is 18.5 Å². The van der Waals surface area contributed by atoms with Gasteiger partial charge in [-0.2, -0.15) is 0 Å². The highest BCUT2D eigenvalue weighted by Gasteiger charge is 2.26. The highest BCUT2D eigenvalue weighted by Crippen LogP contribution is 2.29. The monoisotopic (exact) mass is 264 g/mol. The summed E-state index contributed by atoms with van der Waals surface area (Å²) in [6.07, 6.45) is 0.795.